The van der Waals surface area contributed by atoms with Gasteiger partial charge in [0.2, 0.25) is 5.82 Å². The molecule has 92 valence electrons. The number of halogens is 1. The fraction of sp³-hybridized carbons (Fsp3) is 0. The van der Waals surface area contributed by atoms with Gasteiger partial charge in [-0.3, -0.25) is 10.1 Å². The van der Waals surface area contributed by atoms with Crippen LogP contribution in [0.3, 0.4) is 0 Å². The third-order valence-corrected chi connectivity index (χ3v) is 2.28. The molecule has 2 rings (SSSR count). The lowest BCUT2D eigenvalue weighted by Crippen LogP contribution is -2.02. The summed E-state index contributed by atoms with van der Waals surface area (Å²) in [6.07, 6.45) is 1.09. The summed E-state index contributed by atoms with van der Waals surface area (Å²) in [5.41, 5.74) is 4.94. The largest absolute Gasteiger partial charge is 0.434 e. The van der Waals surface area contributed by atoms with Crippen LogP contribution in [0, 0.1) is 10.1 Å². The average molecular weight is 267 g/mol. The molecular formula is C10H7ClN4O3. The molecule has 0 radical (unpaired) electrons. The highest BCUT2D eigenvalue weighted by atomic mass is 35.5. The SMILES string of the molecule is Nc1ncnc(Oc2ccc(Cl)cc2)c1[N+](=O)[O-]. The van der Waals surface area contributed by atoms with Gasteiger partial charge in [0.25, 0.3) is 0 Å². The molecule has 0 unspecified atom stereocenters. The lowest BCUT2D eigenvalue weighted by Gasteiger charge is -2.05. The molecule has 8 heteroatoms. The molecule has 0 saturated heterocycles. The van der Waals surface area contributed by atoms with Gasteiger partial charge >= 0.3 is 11.6 Å². The van der Waals surface area contributed by atoms with E-state index in [2.05, 4.69) is 9.97 Å². The molecule has 2 N–H and O–H groups in total. The number of nitrogens with two attached hydrogens (primary N) is 1. The number of aromatic nitrogens is 2. The predicted molar refractivity (Wildman–Crippen MR) is 64.6 cm³/mol. The fourth-order valence-corrected chi connectivity index (χ4v) is 1.36. The van der Waals surface area contributed by atoms with E-state index in [0.29, 0.717) is 10.8 Å². The van der Waals surface area contributed by atoms with Crippen LogP contribution in [0.1, 0.15) is 0 Å². The van der Waals surface area contributed by atoms with Gasteiger partial charge in [0, 0.05) is 5.02 Å². The molecule has 1 aromatic carbocycles. The van der Waals surface area contributed by atoms with Crippen LogP contribution in [0.25, 0.3) is 0 Å². The molecule has 0 fully saturated rings. The van der Waals surface area contributed by atoms with Gasteiger partial charge in [-0.15, -0.1) is 0 Å². The molecule has 18 heavy (non-hydrogen) atoms. The van der Waals surface area contributed by atoms with Crippen molar-refractivity contribution in [3.63, 3.8) is 0 Å². The van der Waals surface area contributed by atoms with E-state index in [4.69, 9.17) is 22.1 Å². The second kappa shape index (κ2) is 4.84. The zero-order valence-corrected chi connectivity index (χ0v) is 9.66. The lowest BCUT2D eigenvalue weighted by molar-refractivity contribution is -0.385. The first kappa shape index (κ1) is 12.1. The topological polar surface area (TPSA) is 104 Å². The number of hydrogen-bond donors (Lipinski definition) is 1. The summed E-state index contributed by atoms with van der Waals surface area (Å²) in [6, 6.07) is 6.30. The molecular weight excluding hydrogens is 260 g/mol. The first-order chi connectivity index (χ1) is 8.58. The van der Waals surface area contributed by atoms with Crippen molar-refractivity contribution >= 4 is 23.1 Å². The fourth-order valence-electron chi connectivity index (χ4n) is 1.24. The standard InChI is InChI=1S/C10H7ClN4O3/c11-6-1-3-7(4-2-6)18-10-8(15(16)17)9(12)13-5-14-10/h1-5H,(H2,12,13,14). The van der Waals surface area contributed by atoms with Crippen molar-refractivity contribution in [2.24, 2.45) is 0 Å². The van der Waals surface area contributed by atoms with Gasteiger partial charge in [-0.25, -0.2) is 4.98 Å². The van der Waals surface area contributed by atoms with Crippen molar-refractivity contribution in [2.45, 2.75) is 0 Å². The Kier molecular flexibility index (Phi) is 3.24. The number of ether oxygens (including phenoxy) is 1. The van der Waals surface area contributed by atoms with Gasteiger partial charge in [-0.2, -0.15) is 4.98 Å². The summed E-state index contributed by atoms with van der Waals surface area (Å²) in [4.78, 5) is 17.4. The highest BCUT2D eigenvalue weighted by Gasteiger charge is 2.22. The number of rotatable bonds is 3. The summed E-state index contributed by atoms with van der Waals surface area (Å²) in [5.74, 6) is -0.102. The van der Waals surface area contributed by atoms with Gasteiger partial charge in [-0.1, -0.05) is 11.6 Å². The average Bonchev–Trinajstić information content (AvgIpc) is 2.32. The third-order valence-electron chi connectivity index (χ3n) is 2.03. The van der Waals surface area contributed by atoms with E-state index in [-0.39, 0.29) is 11.7 Å². The summed E-state index contributed by atoms with van der Waals surface area (Å²) >= 11 is 5.71. The molecule has 0 atom stereocenters. The first-order valence-electron chi connectivity index (χ1n) is 4.76. The monoisotopic (exact) mass is 266 g/mol. The predicted octanol–water partition coefficient (Wildman–Crippen LogP) is 2.41. The maximum atomic E-state index is 10.8. The van der Waals surface area contributed by atoms with Crippen molar-refractivity contribution in [2.75, 3.05) is 5.73 Å². The Bertz CT molecular complexity index is 588. The van der Waals surface area contributed by atoms with Crippen LogP contribution in [0.2, 0.25) is 5.02 Å². The van der Waals surface area contributed by atoms with E-state index in [1.807, 2.05) is 0 Å². The van der Waals surface area contributed by atoms with E-state index < -0.39 is 10.6 Å². The van der Waals surface area contributed by atoms with Crippen molar-refractivity contribution in [3.05, 3.63) is 45.7 Å². The molecule has 0 aliphatic heterocycles. The maximum absolute atomic E-state index is 10.8. The van der Waals surface area contributed by atoms with Crippen molar-refractivity contribution in [1.82, 2.24) is 9.97 Å². The summed E-state index contributed by atoms with van der Waals surface area (Å²) < 4.78 is 5.28. The van der Waals surface area contributed by atoms with Crippen LogP contribution < -0.4 is 10.5 Å². The summed E-state index contributed by atoms with van der Waals surface area (Å²) in [5, 5.41) is 11.4. The molecule has 0 aliphatic rings. The Morgan fingerprint density at radius 3 is 2.56 bits per heavy atom. The van der Waals surface area contributed by atoms with Crippen LogP contribution in [0.5, 0.6) is 11.6 Å². The van der Waals surface area contributed by atoms with Crippen LogP contribution in [-0.2, 0) is 0 Å². The van der Waals surface area contributed by atoms with Crippen molar-refractivity contribution in [3.8, 4) is 11.6 Å². The van der Waals surface area contributed by atoms with Gasteiger partial charge in [0.1, 0.15) is 12.1 Å². The van der Waals surface area contributed by atoms with Gasteiger partial charge < -0.3 is 10.5 Å². The smallest absolute Gasteiger partial charge is 0.372 e. The molecule has 1 aromatic heterocycles. The minimum Gasteiger partial charge on any atom is -0.434 e. The minimum absolute atomic E-state index is 0.213. The quantitative estimate of drug-likeness (QED) is 0.676. The van der Waals surface area contributed by atoms with Crippen LogP contribution in [-0.4, -0.2) is 14.9 Å². The molecule has 7 nitrogen and oxygen atoms in total. The van der Waals surface area contributed by atoms with E-state index >= 15 is 0 Å². The highest BCUT2D eigenvalue weighted by Crippen LogP contribution is 2.32. The van der Waals surface area contributed by atoms with Crippen LogP contribution in [0.15, 0.2) is 30.6 Å². The second-order valence-electron chi connectivity index (χ2n) is 3.23. The number of nitrogen functional groups attached to an aromatic ring is 1. The molecule has 0 bridgehead atoms. The van der Waals surface area contributed by atoms with Crippen molar-refractivity contribution < 1.29 is 9.66 Å². The Morgan fingerprint density at radius 1 is 1.28 bits per heavy atom. The molecule has 2 aromatic rings. The van der Waals surface area contributed by atoms with Gasteiger partial charge in [0.15, 0.2) is 0 Å². The van der Waals surface area contributed by atoms with E-state index in [9.17, 15) is 10.1 Å². The molecule has 0 aliphatic carbocycles. The third kappa shape index (κ3) is 2.46. The number of nitrogens with zero attached hydrogens (tertiary/aromatic N) is 3. The molecule has 1 heterocycles. The minimum atomic E-state index is -0.694. The van der Waals surface area contributed by atoms with Crippen LogP contribution >= 0.6 is 11.6 Å². The molecule has 0 spiro atoms. The highest BCUT2D eigenvalue weighted by molar-refractivity contribution is 6.30. The van der Waals surface area contributed by atoms with E-state index in [0.717, 1.165) is 6.33 Å². The van der Waals surface area contributed by atoms with Gasteiger partial charge in [-0.05, 0) is 24.3 Å². The normalized spacial score (nSPS) is 10.1. The number of benzene rings is 1. The molecule has 0 saturated carbocycles. The molecule has 0 amide bonds. The van der Waals surface area contributed by atoms with E-state index in [1.165, 1.54) is 0 Å². The first-order valence-corrected chi connectivity index (χ1v) is 5.14. The Labute approximate surface area is 106 Å². The number of hydrogen-bond acceptors (Lipinski definition) is 6. The van der Waals surface area contributed by atoms with Crippen molar-refractivity contribution in [1.29, 1.82) is 0 Å². The second-order valence-corrected chi connectivity index (χ2v) is 3.66. The number of nitro groups is 1. The van der Waals surface area contributed by atoms with E-state index in [1.54, 1.807) is 24.3 Å². The Morgan fingerprint density at radius 2 is 1.94 bits per heavy atom. The number of anilines is 1. The maximum Gasteiger partial charge on any atom is 0.372 e. The zero-order chi connectivity index (χ0) is 13.1. The Hall–Kier alpha value is -2.41. The zero-order valence-electron chi connectivity index (χ0n) is 8.91. The van der Waals surface area contributed by atoms with Crippen LogP contribution in [0.4, 0.5) is 11.5 Å². The summed E-state index contributed by atoms with van der Waals surface area (Å²) in [6.45, 7) is 0. The van der Waals surface area contributed by atoms with Gasteiger partial charge in [0.05, 0.1) is 4.92 Å². The summed E-state index contributed by atoms with van der Waals surface area (Å²) in [7, 11) is 0. The lowest BCUT2D eigenvalue weighted by atomic mass is 10.3. The Balaban J connectivity index is 2.37.